The minimum Gasteiger partial charge on any atom is -0.324 e. The van der Waals surface area contributed by atoms with Crippen molar-refractivity contribution in [3.8, 4) is 0 Å². The molecule has 0 unspecified atom stereocenters. The molecule has 1 aliphatic heterocycles. The SMILES string of the molecule is O=C1CN=C(c2c(F)cccc2F)c2cc(Br)ccc2N1. The van der Waals surface area contributed by atoms with Crippen LogP contribution < -0.4 is 5.32 Å². The Kier molecular flexibility index (Phi) is 3.55. The number of nitrogens with one attached hydrogen (secondary N) is 1. The molecule has 0 aliphatic carbocycles. The number of amides is 1. The van der Waals surface area contributed by atoms with Gasteiger partial charge in [0.1, 0.15) is 18.2 Å². The van der Waals surface area contributed by atoms with Gasteiger partial charge < -0.3 is 5.32 Å². The summed E-state index contributed by atoms with van der Waals surface area (Å²) in [5.41, 5.74) is 0.843. The van der Waals surface area contributed by atoms with Gasteiger partial charge in [-0.2, -0.15) is 0 Å². The van der Waals surface area contributed by atoms with E-state index in [0.29, 0.717) is 11.3 Å². The highest BCUT2D eigenvalue weighted by molar-refractivity contribution is 9.10. The second kappa shape index (κ2) is 5.37. The van der Waals surface area contributed by atoms with Crippen molar-refractivity contribution in [1.29, 1.82) is 0 Å². The van der Waals surface area contributed by atoms with Gasteiger partial charge in [0.2, 0.25) is 5.91 Å². The first-order chi connectivity index (χ1) is 10.1. The average molecular weight is 351 g/mol. The molecular weight excluding hydrogens is 342 g/mol. The monoisotopic (exact) mass is 350 g/mol. The summed E-state index contributed by atoms with van der Waals surface area (Å²) in [7, 11) is 0. The Bertz CT molecular complexity index is 754. The lowest BCUT2D eigenvalue weighted by Gasteiger charge is -2.11. The van der Waals surface area contributed by atoms with Gasteiger partial charge in [0.05, 0.1) is 17.0 Å². The van der Waals surface area contributed by atoms with Crippen molar-refractivity contribution in [2.75, 3.05) is 11.9 Å². The van der Waals surface area contributed by atoms with E-state index in [9.17, 15) is 13.6 Å². The number of halogens is 3. The van der Waals surface area contributed by atoms with Crippen LogP contribution in [0.1, 0.15) is 11.1 Å². The molecule has 0 fully saturated rings. The highest BCUT2D eigenvalue weighted by Gasteiger charge is 2.23. The largest absolute Gasteiger partial charge is 0.324 e. The molecule has 1 heterocycles. The number of rotatable bonds is 1. The number of fused-ring (bicyclic) bond motifs is 1. The van der Waals surface area contributed by atoms with E-state index < -0.39 is 11.6 Å². The van der Waals surface area contributed by atoms with Crippen molar-refractivity contribution < 1.29 is 13.6 Å². The molecule has 0 radical (unpaired) electrons. The number of hydrogen-bond acceptors (Lipinski definition) is 2. The fraction of sp³-hybridized carbons (Fsp3) is 0.0667. The molecule has 0 saturated carbocycles. The first-order valence-corrected chi connectivity index (χ1v) is 6.94. The molecule has 1 N–H and O–H groups in total. The normalized spacial score (nSPS) is 14.0. The fourth-order valence-electron chi connectivity index (χ4n) is 2.18. The highest BCUT2D eigenvalue weighted by atomic mass is 79.9. The molecule has 2 aromatic carbocycles. The maximum atomic E-state index is 14.0. The summed E-state index contributed by atoms with van der Waals surface area (Å²) in [6, 6.07) is 8.69. The Balaban J connectivity index is 2.28. The zero-order valence-electron chi connectivity index (χ0n) is 10.7. The Morgan fingerprint density at radius 3 is 2.57 bits per heavy atom. The van der Waals surface area contributed by atoms with Crippen LogP contribution in [0.3, 0.4) is 0 Å². The molecule has 0 bridgehead atoms. The van der Waals surface area contributed by atoms with Crippen LogP contribution in [0.15, 0.2) is 45.9 Å². The summed E-state index contributed by atoms with van der Waals surface area (Å²) in [5, 5.41) is 2.67. The molecule has 1 aliphatic rings. The standard InChI is InChI=1S/C15H9BrF2N2O/c16-8-4-5-12-9(6-8)15(19-7-13(21)20-12)14-10(17)2-1-3-11(14)18/h1-6H,7H2,(H,20,21). The topological polar surface area (TPSA) is 41.5 Å². The first kappa shape index (κ1) is 13.9. The molecular formula is C15H9BrF2N2O. The quantitative estimate of drug-likeness (QED) is 0.839. The van der Waals surface area contributed by atoms with Gasteiger partial charge >= 0.3 is 0 Å². The predicted octanol–water partition coefficient (Wildman–Crippen LogP) is 3.52. The third-order valence-electron chi connectivity index (χ3n) is 3.09. The van der Waals surface area contributed by atoms with Crippen LogP contribution in [0.25, 0.3) is 0 Å². The summed E-state index contributed by atoms with van der Waals surface area (Å²) < 4.78 is 28.8. The number of hydrogen-bond donors (Lipinski definition) is 1. The van der Waals surface area contributed by atoms with E-state index >= 15 is 0 Å². The number of carbonyl (C=O) groups is 1. The van der Waals surface area contributed by atoms with Crippen molar-refractivity contribution in [2.24, 2.45) is 4.99 Å². The van der Waals surface area contributed by atoms with Crippen LogP contribution in [0, 0.1) is 11.6 Å². The van der Waals surface area contributed by atoms with E-state index in [0.717, 1.165) is 4.47 Å². The molecule has 106 valence electrons. The molecule has 1 amide bonds. The second-order valence-electron chi connectivity index (χ2n) is 4.50. The van der Waals surface area contributed by atoms with E-state index in [1.165, 1.54) is 18.2 Å². The third kappa shape index (κ3) is 2.58. The first-order valence-electron chi connectivity index (χ1n) is 6.15. The van der Waals surface area contributed by atoms with Gasteiger partial charge in [-0.25, -0.2) is 8.78 Å². The summed E-state index contributed by atoms with van der Waals surface area (Å²) in [4.78, 5) is 15.7. The van der Waals surface area contributed by atoms with Crippen molar-refractivity contribution >= 4 is 33.2 Å². The van der Waals surface area contributed by atoms with Gasteiger partial charge in [0.15, 0.2) is 0 Å². The maximum absolute atomic E-state index is 14.0. The number of anilines is 1. The summed E-state index contributed by atoms with van der Waals surface area (Å²) in [5.74, 6) is -1.76. The maximum Gasteiger partial charge on any atom is 0.246 e. The lowest BCUT2D eigenvalue weighted by molar-refractivity contribution is -0.114. The van der Waals surface area contributed by atoms with Crippen molar-refractivity contribution in [3.63, 3.8) is 0 Å². The zero-order valence-corrected chi connectivity index (χ0v) is 12.2. The number of aliphatic imine (C=N–C) groups is 1. The number of nitrogens with zero attached hydrogens (tertiary/aromatic N) is 1. The smallest absolute Gasteiger partial charge is 0.246 e. The van der Waals surface area contributed by atoms with Crippen molar-refractivity contribution in [1.82, 2.24) is 0 Å². The van der Waals surface area contributed by atoms with Crippen molar-refractivity contribution in [3.05, 3.63) is 63.6 Å². The molecule has 3 nitrogen and oxygen atoms in total. The molecule has 2 aromatic rings. The number of carbonyl (C=O) groups excluding carboxylic acids is 1. The summed E-state index contributed by atoms with van der Waals surface area (Å²) >= 11 is 3.31. The van der Waals surface area contributed by atoms with Crippen LogP contribution in [0.2, 0.25) is 0 Å². The van der Waals surface area contributed by atoms with E-state index in [1.54, 1.807) is 18.2 Å². The molecule has 6 heteroatoms. The molecule has 0 aromatic heterocycles. The molecule has 0 spiro atoms. The van der Waals surface area contributed by atoms with E-state index in [2.05, 4.69) is 26.2 Å². The third-order valence-corrected chi connectivity index (χ3v) is 3.58. The number of benzene rings is 2. The second-order valence-corrected chi connectivity index (χ2v) is 5.42. The predicted molar refractivity (Wildman–Crippen MR) is 79.6 cm³/mol. The fourth-order valence-corrected chi connectivity index (χ4v) is 2.55. The lowest BCUT2D eigenvalue weighted by atomic mass is 9.99. The van der Waals surface area contributed by atoms with E-state index in [-0.39, 0.29) is 23.7 Å². The lowest BCUT2D eigenvalue weighted by Crippen LogP contribution is -2.13. The van der Waals surface area contributed by atoms with Crippen LogP contribution in [0.5, 0.6) is 0 Å². The van der Waals surface area contributed by atoms with E-state index in [1.807, 2.05) is 0 Å². The zero-order chi connectivity index (χ0) is 15.0. The van der Waals surface area contributed by atoms with Gasteiger partial charge in [0, 0.05) is 10.0 Å². The Morgan fingerprint density at radius 2 is 1.86 bits per heavy atom. The van der Waals surface area contributed by atoms with Crippen LogP contribution in [0.4, 0.5) is 14.5 Å². The average Bonchev–Trinajstić information content (AvgIpc) is 2.58. The minimum absolute atomic E-state index is 0.125. The Hall–Kier alpha value is -2.08. The van der Waals surface area contributed by atoms with Crippen LogP contribution in [-0.4, -0.2) is 18.2 Å². The Labute approximate surface area is 127 Å². The van der Waals surface area contributed by atoms with Gasteiger partial charge in [-0.1, -0.05) is 22.0 Å². The number of benzodiazepines with no additional fused rings is 1. The van der Waals surface area contributed by atoms with Crippen LogP contribution in [-0.2, 0) is 4.79 Å². The molecule has 3 rings (SSSR count). The summed E-state index contributed by atoms with van der Waals surface area (Å²) in [6.45, 7) is -0.185. The summed E-state index contributed by atoms with van der Waals surface area (Å²) in [6.07, 6.45) is 0. The minimum atomic E-state index is -0.714. The molecule has 0 saturated heterocycles. The van der Waals surface area contributed by atoms with Gasteiger partial charge in [-0.05, 0) is 30.3 Å². The van der Waals surface area contributed by atoms with Gasteiger partial charge in [-0.3, -0.25) is 9.79 Å². The van der Waals surface area contributed by atoms with E-state index in [4.69, 9.17) is 0 Å². The van der Waals surface area contributed by atoms with Gasteiger partial charge in [-0.15, -0.1) is 0 Å². The highest BCUT2D eigenvalue weighted by Crippen LogP contribution is 2.28. The molecule has 0 atom stereocenters. The molecule has 21 heavy (non-hydrogen) atoms. The Morgan fingerprint density at radius 1 is 1.14 bits per heavy atom. The van der Waals surface area contributed by atoms with Crippen LogP contribution >= 0.6 is 15.9 Å². The van der Waals surface area contributed by atoms with Gasteiger partial charge in [0.25, 0.3) is 0 Å². The van der Waals surface area contributed by atoms with Crippen molar-refractivity contribution in [2.45, 2.75) is 0 Å².